The van der Waals surface area contributed by atoms with E-state index in [2.05, 4.69) is 10.1 Å². The standard InChI is InChI=1S/C17H13F2N3O3/c1-9-13-5-10(7-20-16(13)22(2)21-9)17(24)25-8-15(23)12-4-3-11(18)6-14(12)19/h3-7H,8H2,1-2H3. The molecule has 2 aromatic heterocycles. The molecule has 0 aliphatic rings. The SMILES string of the molecule is Cc1nn(C)c2ncc(C(=O)OCC(=O)c3ccc(F)cc3F)cc12. The summed E-state index contributed by atoms with van der Waals surface area (Å²) in [7, 11) is 1.73. The third-order valence-corrected chi connectivity index (χ3v) is 3.66. The van der Waals surface area contributed by atoms with Gasteiger partial charge >= 0.3 is 5.97 Å². The highest BCUT2D eigenvalue weighted by molar-refractivity contribution is 6.00. The lowest BCUT2D eigenvalue weighted by Crippen LogP contribution is -2.15. The topological polar surface area (TPSA) is 74.1 Å². The molecule has 0 atom stereocenters. The molecule has 0 fully saturated rings. The van der Waals surface area contributed by atoms with Gasteiger partial charge in [-0.05, 0) is 25.1 Å². The van der Waals surface area contributed by atoms with Crippen molar-refractivity contribution in [3.05, 3.63) is 58.9 Å². The Labute approximate surface area is 141 Å². The van der Waals surface area contributed by atoms with Gasteiger partial charge in [-0.3, -0.25) is 9.48 Å². The van der Waals surface area contributed by atoms with Gasteiger partial charge in [-0.2, -0.15) is 5.10 Å². The Morgan fingerprint density at radius 2 is 2.00 bits per heavy atom. The van der Waals surface area contributed by atoms with Crippen molar-refractivity contribution in [3.8, 4) is 0 Å². The number of nitrogens with zero attached hydrogens (tertiary/aromatic N) is 3. The van der Waals surface area contributed by atoms with E-state index in [4.69, 9.17) is 4.74 Å². The monoisotopic (exact) mass is 345 g/mol. The molecular weight excluding hydrogens is 332 g/mol. The molecule has 8 heteroatoms. The molecule has 25 heavy (non-hydrogen) atoms. The van der Waals surface area contributed by atoms with E-state index in [0.717, 1.165) is 12.1 Å². The third kappa shape index (κ3) is 3.23. The van der Waals surface area contributed by atoms with Gasteiger partial charge < -0.3 is 4.74 Å². The summed E-state index contributed by atoms with van der Waals surface area (Å²) in [5, 5.41) is 4.88. The van der Waals surface area contributed by atoms with Gasteiger partial charge in [0, 0.05) is 24.7 Å². The van der Waals surface area contributed by atoms with Crippen LogP contribution in [0.3, 0.4) is 0 Å². The van der Waals surface area contributed by atoms with Crippen LogP contribution in [0.5, 0.6) is 0 Å². The van der Waals surface area contributed by atoms with E-state index in [0.29, 0.717) is 22.8 Å². The number of carbonyl (C=O) groups excluding carboxylic acids is 2. The van der Waals surface area contributed by atoms with E-state index < -0.39 is 30.0 Å². The first-order chi connectivity index (χ1) is 11.9. The van der Waals surface area contributed by atoms with E-state index in [-0.39, 0.29) is 11.1 Å². The Bertz CT molecular complexity index is 998. The predicted octanol–water partition coefficient (Wildman–Crippen LogP) is 2.59. The highest BCUT2D eigenvalue weighted by atomic mass is 19.1. The quantitative estimate of drug-likeness (QED) is 0.537. The number of hydrogen-bond donors (Lipinski definition) is 0. The lowest BCUT2D eigenvalue weighted by Gasteiger charge is -2.05. The van der Waals surface area contributed by atoms with Crippen LogP contribution in [-0.2, 0) is 11.8 Å². The fraction of sp³-hybridized carbons (Fsp3) is 0.176. The summed E-state index contributed by atoms with van der Waals surface area (Å²) in [6.45, 7) is 1.12. The molecule has 6 nitrogen and oxygen atoms in total. The molecule has 0 N–H and O–H groups in total. The van der Waals surface area contributed by atoms with Gasteiger partial charge in [0.1, 0.15) is 11.6 Å². The first-order valence-corrected chi connectivity index (χ1v) is 7.31. The van der Waals surface area contributed by atoms with Crippen LogP contribution in [0.15, 0.2) is 30.5 Å². The number of ketones is 1. The number of rotatable bonds is 4. The molecule has 0 saturated heterocycles. The summed E-state index contributed by atoms with van der Waals surface area (Å²) in [5.41, 5.74) is 1.12. The summed E-state index contributed by atoms with van der Waals surface area (Å²) in [6, 6.07) is 4.13. The summed E-state index contributed by atoms with van der Waals surface area (Å²) < 4.78 is 32.9. The van der Waals surface area contributed by atoms with Crippen LogP contribution in [0, 0.1) is 18.6 Å². The van der Waals surface area contributed by atoms with Crippen molar-refractivity contribution in [3.63, 3.8) is 0 Å². The lowest BCUT2D eigenvalue weighted by atomic mass is 10.1. The van der Waals surface area contributed by atoms with Gasteiger partial charge in [0.05, 0.1) is 16.8 Å². The highest BCUT2D eigenvalue weighted by Gasteiger charge is 2.17. The van der Waals surface area contributed by atoms with Crippen molar-refractivity contribution in [1.82, 2.24) is 14.8 Å². The number of aryl methyl sites for hydroxylation is 2. The fourth-order valence-corrected chi connectivity index (χ4v) is 2.43. The Kier molecular flexibility index (Phi) is 4.26. The van der Waals surface area contributed by atoms with E-state index in [9.17, 15) is 18.4 Å². The molecule has 1 aromatic carbocycles. The van der Waals surface area contributed by atoms with Crippen LogP contribution in [0.25, 0.3) is 11.0 Å². The van der Waals surface area contributed by atoms with Gasteiger partial charge in [-0.1, -0.05) is 0 Å². The third-order valence-electron chi connectivity index (χ3n) is 3.66. The fourth-order valence-electron chi connectivity index (χ4n) is 2.43. The molecule has 0 saturated carbocycles. The summed E-state index contributed by atoms with van der Waals surface area (Å²) >= 11 is 0. The number of aromatic nitrogens is 3. The zero-order valence-electron chi connectivity index (χ0n) is 13.4. The molecule has 3 rings (SSSR count). The van der Waals surface area contributed by atoms with Crippen LogP contribution in [-0.4, -0.2) is 33.1 Å². The predicted molar refractivity (Wildman–Crippen MR) is 84.2 cm³/mol. The molecular formula is C17H13F2N3O3. The Morgan fingerprint density at radius 3 is 2.72 bits per heavy atom. The zero-order chi connectivity index (χ0) is 18.1. The van der Waals surface area contributed by atoms with Crippen molar-refractivity contribution in [1.29, 1.82) is 0 Å². The molecule has 0 unspecified atom stereocenters. The van der Waals surface area contributed by atoms with Gasteiger partial charge in [-0.15, -0.1) is 0 Å². The molecule has 0 aliphatic carbocycles. The summed E-state index contributed by atoms with van der Waals surface area (Å²) in [5.74, 6) is -3.33. The number of fused-ring (bicyclic) bond motifs is 1. The van der Waals surface area contributed by atoms with Crippen LogP contribution >= 0.6 is 0 Å². The normalized spacial score (nSPS) is 10.9. The second-order valence-electron chi connectivity index (χ2n) is 5.43. The number of halogens is 2. The van der Waals surface area contributed by atoms with E-state index >= 15 is 0 Å². The summed E-state index contributed by atoms with van der Waals surface area (Å²) in [4.78, 5) is 28.1. The Hall–Kier alpha value is -3.16. The van der Waals surface area contributed by atoms with Gasteiger partial charge in [0.15, 0.2) is 12.3 Å². The molecule has 128 valence electrons. The molecule has 0 bridgehead atoms. The van der Waals surface area contributed by atoms with Crippen molar-refractivity contribution >= 4 is 22.8 Å². The van der Waals surface area contributed by atoms with E-state index in [1.54, 1.807) is 24.7 Å². The smallest absolute Gasteiger partial charge is 0.340 e. The maximum Gasteiger partial charge on any atom is 0.340 e. The number of ether oxygens (including phenoxy) is 1. The summed E-state index contributed by atoms with van der Waals surface area (Å²) in [6.07, 6.45) is 1.31. The largest absolute Gasteiger partial charge is 0.454 e. The minimum atomic E-state index is -1.00. The van der Waals surface area contributed by atoms with E-state index in [1.165, 1.54) is 6.20 Å². The molecule has 2 heterocycles. The maximum atomic E-state index is 13.5. The van der Waals surface area contributed by atoms with Crippen molar-refractivity contribution in [2.45, 2.75) is 6.92 Å². The number of carbonyl (C=O) groups is 2. The molecule has 0 spiro atoms. The van der Waals surface area contributed by atoms with Crippen LogP contribution in [0.2, 0.25) is 0 Å². The minimum absolute atomic E-state index is 0.149. The van der Waals surface area contributed by atoms with Gasteiger partial charge in [0.25, 0.3) is 0 Å². The Balaban J connectivity index is 1.74. The first kappa shape index (κ1) is 16.7. The van der Waals surface area contributed by atoms with Crippen molar-refractivity contribution in [2.24, 2.45) is 7.05 Å². The van der Waals surface area contributed by atoms with Crippen LogP contribution in [0.1, 0.15) is 26.4 Å². The highest BCUT2D eigenvalue weighted by Crippen LogP contribution is 2.17. The van der Waals surface area contributed by atoms with E-state index in [1.807, 2.05) is 0 Å². The molecule has 0 radical (unpaired) electrons. The van der Waals surface area contributed by atoms with Gasteiger partial charge in [-0.25, -0.2) is 18.6 Å². The van der Waals surface area contributed by atoms with Crippen LogP contribution in [0.4, 0.5) is 8.78 Å². The number of Topliss-reactive ketones (excluding diaryl/α,β-unsaturated/α-hetero) is 1. The zero-order valence-corrected chi connectivity index (χ0v) is 13.4. The average Bonchev–Trinajstić information content (AvgIpc) is 2.86. The lowest BCUT2D eigenvalue weighted by molar-refractivity contribution is 0.0473. The van der Waals surface area contributed by atoms with Crippen molar-refractivity contribution < 1.29 is 23.1 Å². The van der Waals surface area contributed by atoms with Crippen molar-refractivity contribution in [2.75, 3.05) is 6.61 Å². The molecule has 3 aromatic rings. The van der Waals surface area contributed by atoms with Crippen LogP contribution < -0.4 is 0 Å². The second-order valence-corrected chi connectivity index (χ2v) is 5.43. The Morgan fingerprint density at radius 1 is 1.24 bits per heavy atom. The second kappa shape index (κ2) is 6.39. The molecule has 0 amide bonds. The van der Waals surface area contributed by atoms with Gasteiger partial charge in [0.2, 0.25) is 5.78 Å². The number of esters is 1. The first-order valence-electron chi connectivity index (χ1n) is 7.31. The average molecular weight is 345 g/mol. The number of hydrogen-bond acceptors (Lipinski definition) is 5. The maximum absolute atomic E-state index is 13.5. The number of pyridine rings is 1. The molecule has 0 aliphatic heterocycles. The number of benzene rings is 1. The minimum Gasteiger partial charge on any atom is -0.454 e.